The first-order valence-corrected chi connectivity index (χ1v) is 6.21. The summed E-state index contributed by atoms with van der Waals surface area (Å²) in [5, 5.41) is 0.402. The normalized spacial score (nSPS) is 30.7. The third kappa shape index (κ3) is 2.55. The molecule has 0 heterocycles. The van der Waals surface area contributed by atoms with Gasteiger partial charge in [-0.15, -0.1) is 11.6 Å². The lowest BCUT2D eigenvalue weighted by molar-refractivity contribution is 0.334. The molecule has 1 heteroatoms. The topological polar surface area (TPSA) is 0 Å². The summed E-state index contributed by atoms with van der Waals surface area (Å²) in [4.78, 5) is 0. The Balaban J connectivity index is 2.12. The highest BCUT2D eigenvalue weighted by Gasteiger charge is 2.34. The van der Waals surface area contributed by atoms with E-state index in [-0.39, 0.29) is 0 Å². The molecule has 1 saturated carbocycles. The van der Waals surface area contributed by atoms with E-state index in [0.29, 0.717) is 10.8 Å². The molecule has 0 nitrogen and oxygen atoms in total. The molecular formula is C14H19Cl. The van der Waals surface area contributed by atoms with Crippen molar-refractivity contribution in [2.75, 3.05) is 0 Å². The predicted molar refractivity (Wildman–Crippen MR) is 66.5 cm³/mol. The van der Waals surface area contributed by atoms with Gasteiger partial charge in [0.25, 0.3) is 0 Å². The lowest BCUT2D eigenvalue weighted by Crippen LogP contribution is -2.16. The number of hydrogen-bond donors (Lipinski definition) is 0. The second-order valence-electron chi connectivity index (χ2n) is 5.25. The van der Waals surface area contributed by atoms with Gasteiger partial charge in [0, 0.05) is 5.38 Å². The van der Waals surface area contributed by atoms with Gasteiger partial charge < -0.3 is 0 Å². The van der Waals surface area contributed by atoms with Crippen molar-refractivity contribution in [2.45, 2.75) is 44.9 Å². The van der Waals surface area contributed by atoms with Gasteiger partial charge in [0.05, 0.1) is 0 Å². The fourth-order valence-electron chi connectivity index (χ4n) is 2.67. The molecule has 1 aliphatic carbocycles. The average molecular weight is 223 g/mol. The molecule has 1 aromatic rings. The van der Waals surface area contributed by atoms with Crippen LogP contribution >= 0.6 is 11.6 Å². The zero-order chi connectivity index (χ0) is 10.9. The number of halogens is 1. The molecule has 0 bridgehead atoms. The highest BCUT2D eigenvalue weighted by atomic mass is 35.5. The monoisotopic (exact) mass is 222 g/mol. The minimum atomic E-state index is 0.402. The van der Waals surface area contributed by atoms with E-state index in [9.17, 15) is 0 Å². The van der Waals surface area contributed by atoms with Crippen molar-refractivity contribution in [1.82, 2.24) is 0 Å². The first kappa shape index (κ1) is 11.0. The molecule has 0 aromatic heterocycles. The van der Waals surface area contributed by atoms with Crippen LogP contribution in [0.2, 0.25) is 0 Å². The van der Waals surface area contributed by atoms with E-state index >= 15 is 0 Å². The Hall–Kier alpha value is -0.490. The van der Waals surface area contributed by atoms with Gasteiger partial charge in [0.1, 0.15) is 0 Å². The Morgan fingerprint density at radius 2 is 2.13 bits per heavy atom. The van der Waals surface area contributed by atoms with Gasteiger partial charge in [-0.3, -0.25) is 0 Å². The van der Waals surface area contributed by atoms with E-state index in [2.05, 4.69) is 38.1 Å². The van der Waals surface area contributed by atoms with Crippen molar-refractivity contribution in [3.8, 4) is 0 Å². The quantitative estimate of drug-likeness (QED) is 0.654. The Labute approximate surface area is 97.6 Å². The largest absolute Gasteiger partial charge is 0.123 e. The average Bonchev–Trinajstić information content (AvgIpc) is 2.51. The lowest BCUT2D eigenvalue weighted by Gasteiger charge is -2.24. The van der Waals surface area contributed by atoms with Crippen LogP contribution < -0.4 is 0 Å². The molecule has 1 aromatic carbocycles. The molecule has 15 heavy (non-hydrogen) atoms. The summed E-state index contributed by atoms with van der Waals surface area (Å²) in [5.41, 5.74) is 3.33. The molecule has 0 saturated heterocycles. The molecule has 1 fully saturated rings. The Morgan fingerprint density at radius 1 is 1.40 bits per heavy atom. The summed E-state index contributed by atoms with van der Waals surface area (Å²) in [6.07, 6.45) is 4.81. The van der Waals surface area contributed by atoms with Crippen molar-refractivity contribution < 1.29 is 0 Å². The van der Waals surface area contributed by atoms with Crippen LogP contribution in [0.25, 0.3) is 0 Å². The van der Waals surface area contributed by atoms with Crippen molar-refractivity contribution in [3.05, 3.63) is 35.4 Å². The summed E-state index contributed by atoms with van der Waals surface area (Å²) in [6, 6.07) is 8.70. The van der Waals surface area contributed by atoms with Crippen LogP contribution in [0.5, 0.6) is 0 Å². The van der Waals surface area contributed by atoms with E-state index in [1.807, 2.05) is 0 Å². The molecule has 0 aliphatic heterocycles. The second-order valence-corrected chi connectivity index (χ2v) is 5.87. The summed E-state index contributed by atoms with van der Waals surface area (Å²) in [6.45, 7) is 4.58. The number of aryl methyl sites for hydroxylation is 1. The van der Waals surface area contributed by atoms with Crippen LogP contribution in [0.1, 0.15) is 37.3 Å². The van der Waals surface area contributed by atoms with Gasteiger partial charge in [-0.05, 0) is 49.1 Å². The molecule has 0 N–H and O–H groups in total. The summed E-state index contributed by atoms with van der Waals surface area (Å²) in [7, 11) is 0. The van der Waals surface area contributed by atoms with Crippen molar-refractivity contribution in [1.29, 1.82) is 0 Å². The zero-order valence-electron chi connectivity index (χ0n) is 9.59. The first-order valence-electron chi connectivity index (χ1n) is 5.78. The maximum atomic E-state index is 6.20. The summed E-state index contributed by atoms with van der Waals surface area (Å²) < 4.78 is 0. The van der Waals surface area contributed by atoms with Crippen LogP contribution in [0.15, 0.2) is 24.3 Å². The van der Waals surface area contributed by atoms with E-state index < -0.39 is 0 Å². The maximum Gasteiger partial charge on any atom is 0.0341 e. The van der Waals surface area contributed by atoms with Gasteiger partial charge in [-0.2, -0.15) is 0 Å². The van der Waals surface area contributed by atoms with Gasteiger partial charge in [-0.25, -0.2) is 0 Å². The molecule has 0 amide bonds. The lowest BCUT2D eigenvalue weighted by atomic mass is 9.81. The van der Waals surface area contributed by atoms with E-state index in [4.69, 9.17) is 11.6 Å². The molecule has 2 atom stereocenters. The fraction of sp³-hybridized carbons (Fsp3) is 0.571. The Kier molecular flexibility index (Phi) is 3.06. The summed E-state index contributed by atoms with van der Waals surface area (Å²) in [5.74, 6) is 0. The smallest absolute Gasteiger partial charge is 0.0341 e. The van der Waals surface area contributed by atoms with E-state index in [1.54, 1.807) is 0 Å². The molecule has 2 rings (SSSR count). The predicted octanol–water partition coefficient (Wildman–Crippen LogP) is 4.34. The minimum Gasteiger partial charge on any atom is -0.123 e. The van der Waals surface area contributed by atoms with E-state index in [0.717, 1.165) is 0 Å². The Bertz CT molecular complexity index is 345. The third-order valence-corrected chi connectivity index (χ3v) is 4.03. The van der Waals surface area contributed by atoms with Gasteiger partial charge in [-0.1, -0.05) is 31.2 Å². The van der Waals surface area contributed by atoms with Crippen molar-refractivity contribution in [3.63, 3.8) is 0 Å². The second kappa shape index (κ2) is 4.17. The SMILES string of the molecule is Cc1ccccc1CC1(C)CCC(Cl)C1. The van der Waals surface area contributed by atoms with E-state index in [1.165, 1.54) is 36.8 Å². The fourth-order valence-corrected chi connectivity index (χ4v) is 3.15. The third-order valence-electron chi connectivity index (χ3n) is 3.65. The van der Waals surface area contributed by atoms with Crippen LogP contribution in [0, 0.1) is 12.3 Å². The Morgan fingerprint density at radius 3 is 2.73 bits per heavy atom. The van der Waals surface area contributed by atoms with Crippen LogP contribution in [-0.4, -0.2) is 5.38 Å². The van der Waals surface area contributed by atoms with Crippen LogP contribution in [0.3, 0.4) is 0 Å². The highest BCUT2D eigenvalue weighted by molar-refractivity contribution is 6.20. The maximum absolute atomic E-state index is 6.20. The van der Waals surface area contributed by atoms with Crippen molar-refractivity contribution >= 4 is 11.6 Å². The van der Waals surface area contributed by atoms with Gasteiger partial charge >= 0.3 is 0 Å². The number of alkyl halides is 1. The molecule has 82 valence electrons. The number of rotatable bonds is 2. The van der Waals surface area contributed by atoms with Crippen molar-refractivity contribution in [2.24, 2.45) is 5.41 Å². The number of hydrogen-bond acceptors (Lipinski definition) is 0. The molecule has 2 unspecified atom stereocenters. The van der Waals surface area contributed by atoms with Gasteiger partial charge in [0.2, 0.25) is 0 Å². The zero-order valence-corrected chi connectivity index (χ0v) is 10.3. The summed E-state index contributed by atoms with van der Waals surface area (Å²) >= 11 is 6.20. The minimum absolute atomic E-state index is 0.402. The molecule has 0 spiro atoms. The highest BCUT2D eigenvalue weighted by Crippen LogP contribution is 2.43. The number of benzene rings is 1. The first-order chi connectivity index (χ1) is 7.09. The van der Waals surface area contributed by atoms with Gasteiger partial charge in [0.15, 0.2) is 0 Å². The standard InChI is InChI=1S/C14H19Cl/c1-11-5-3-4-6-12(11)9-14(2)8-7-13(15)10-14/h3-6,13H,7-10H2,1-2H3. The molecule has 0 radical (unpaired) electrons. The van der Waals surface area contributed by atoms with Crippen LogP contribution in [-0.2, 0) is 6.42 Å². The van der Waals surface area contributed by atoms with Crippen LogP contribution in [0.4, 0.5) is 0 Å². The molecule has 1 aliphatic rings. The molecular weight excluding hydrogens is 204 g/mol.